The van der Waals surface area contributed by atoms with E-state index in [2.05, 4.69) is 76.2 Å². The molecule has 4 aromatic rings. The van der Waals surface area contributed by atoms with Crippen LogP contribution in [-0.4, -0.2) is 22.2 Å². The molecule has 44 heavy (non-hydrogen) atoms. The Bertz CT molecular complexity index is 1710. The summed E-state index contributed by atoms with van der Waals surface area (Å²) in [5.41, 5.74) is 14.7. The molecule has 4 heteroatoms. The Morgan fingerprint density at radius 3 is 1.20 bits per heavy atom. The predicted molar refractivity (Wildman–Crippen MR) is 174 cm³/mol. The lowest BCUT2D eigenvalue weighted by atomic mass is 9.70. The average Bonchev–Trinajstić information content (AvgIpc) is 3.02. The number of benzene rings is 4. The van der Waals surface area contributed by atoms with E-state index >= 15 is 0 Å². The number of rotatable bonds is 6. The molecule has 0 spiro atoms. The SMILES string of the molecule is CCC1c2ccc3c(c2)C(CC)c2cc(c(C(=O)O)cc2C3)C(CC)c2ccc3c(c2)C(CC)c2cc1c(C(=O)O)cc2C3. The molecule has 0 radical (unpaired) electrons. The van der Waals surface area contributed by atoms with Crippen molar-refractivity contribution in [1.29, 1.82) is 0 Å². The van der Waals surface area contributed by atoms with Gasteiger partial charge < -0.3 is 10.2 Å². The lowest BCUT2D eigenvalue weighted by Crippen LogP contribution is -2.20. The van der Waals surface area contributed by atoms with Gasteiger partial charge in [-0.3, -0.25) is 0 Å². The van der Waals surface area contributed by atoms with Crippen molar-refractivity contribution in [2.45, 2.75) is 89.9 Å². The Hall–Kier alpha value is -4.18. The molecule has 4 aromatic carbocycles. The summed E-state index contributed by atoms with van der Waals surface area (Å²) < 4.78 is 0. The van der Waals surface area contributed by atoms with Gasteiger partial charge in [0.2, 0.25) is 0 Å². The van der Waals surface area contributed by atoms with Crippen molar-refractivity contribution in [2.75, 3.05) is 0 Å². The van der Waals surface area contributed by atoms with Crippen molar-refractivity contribution in [1.82, 2.24) is 0 Å². The number of aromatic carboxylic acids is 2. The zero-order chi connectivity index (χ0) is 30.9. The quantitative estimate of drug-likeness (QED) is 0.237. The van der Waals surface area contributed by atoms with Gasteiger partial charge in [-0.25, -0.2) is 9.59 Å². The van der Waals surface area contributed by atoms with Crippen LogP contribution >= 0.6 is 0 Å². The second kappa shape index (κ2) is 10.8. The largest absolute Gasteiger partial charge is 0.478 e. The van der Waals surface area contributed by atoms with E-state index in [1.807, 2.05) is 12.1 Å². The molecule has 0 saturated carbocycles. The second-order valence-electron chi connectivity index (χ2n) is 13.0. The van der Waals surface area contributed by atoms with Crippen LogP contribution in [0.3, 0.4) is 0 Å². The van der Waals surface area contributed by atoms with E-state index in [0.717, 1.165) is 59.1 Å². The van der Waals surface area contributed by atoms with Gasteiger partial charge in [0, 0.05) is 23.7 Å². The number of hydrogen-bond acceptors (Lipinski definition) is 2. The summed E-state index contributed by atoms with van der Waals surface area (Å²) in [4.78, 5) is 25.6. The average molecular weight is 585 g/mol. The van der Waals surface area contributed by atoms with Gasteiger partial charge in [-0.15, -0.1) is 0 Å². The lowest BCUT2D eigenvalue weighted by molar-refractivity contribution is 0.0684. The normalized spacial score (nSPS) is 20.8. The molecule has 4 nitrogen and oxygen atoms in total. The predicted octanol–water partition coefficient (Wildman–Crippen LogP) is 9.37. The monoisotopic (exact) mass is 584 g/mol. The minimum atomic E-state index is -0.865. The second-order valence-corrected chi connectivity index (χ2v) is 13.0. The maximum Gasteiger partial charge on any atom is 0.335 e. The molecule has 0 aliphatic heterocycles. The number of hydrogen-bond donors (Lipinski definition) is 2. The molecule has 8 bridgehead atoms. The fraction of sp³-hybridized carbons (Fsp3) is 0.350. The zero-order valence-corrected chi connectivity index (χ0v) is 26.0. The van der Waals surface area contributed by atoms with Crippen molar-refractivity contribution >= 4 is 11.9 Å². The Morgan fingerprint density at radius 2 is 0.864 bits per heavy atom. The highest BCUT2D eigenvalue weighted by Crippen LogP contribution is 2.47. The molecule has 0 aromatic heterocycles. The Morgan fingerprint density at radius 1 is 0.500 bits per heavy atom. The van der Waals surface area contributed by atoms with Crippen LogP contribution in [0, 0.1) is 0 Å². The van der Waals surface area contributed by atoms with E-state index < -0.39 is 11.9 Å². The summed E-state index contributed by atoms with van der Waals surface area (Å²) in [7, 11) is 0. The zero-order valence-electron chi connectivity index (χ0n) is 26.0. The molecule has 0 amide bonds. The fourth-order valence-electron chi connectivity index (χ4n) is 8.79. The van der Waals surface area contributed by atoms with Crippen LogP contribution < -0.4 is 0 Å². The standard InChI is InChI=1S/C40H40O4/c1-5-27-23-11-9-21-13-26-18-38(40(43)44)36(20-34(26)29(7-3)31(21)15-23)28(6-2)24-12-10-22-14-25-17-37(39(41)42)35(27)19-33(25)30(8-4)32(22)16-24/h9-12,15-20,27-30H,5-8,13-14H2,1-4H3,(H,41,42)(H,43,44). The molecule has 4 unspecified atom stereocenters. The molecule has 224 valence electrons. The number of carboxylic acid groups (broad SMARTS) is 2. The van der Waals surface area contributed by atoms with Crippen molar-refractivity contribution in [3.05, 3.63) is 139 Å². The Kier molecular flexibility index (Phi) is 6.99. The van der Waals surface area contributed by atoms with Gasteiger partial charge >= 0.3 is 11.9 Å². The van der Waals surface area contributed by atoms with Gasteiger partial charge in [-0.1, -0.05) is 76.2 Å². The number of fused-ring (bicyclic) bond motifs is 4. The van der Waals surface area contributed by atoms with Crippen LogP contribution in [-0.2, 0) is 12.8 Å². The third-order valence-corrected chi connectivity index (χ3v) is 10.9. The topological polar surface area (TPSA) is 74.6 Å². The Labute approximate surface area is 259 Å². The summed E-state index contributed by atoms with van der Waals surface area (Å²) in [6, 6.07) is 21.8. The highest BCUT2D eigenvalue weighted by Gasteiger charge is 2.33. The Balaban J connectivity index is 1.58. The van der Waals surface area contributed by atoms with Gasteiger partial charge in [0.15, 0.2) is 0 Å². The summed E-state index contributed by atoms with van der Waals surface area (Å²) >= 11 is 0. The third-order valence-electron chi connectivity index (χ3n) is 10.9. The first-order valence-corrected chi connectivity index (χ1v) is 16.3. The molecule has 0 heterocycles. The van der Waals surface area contributed by atoms with Gasteiger partial charge in [-0.2, -0.15) is 0 Å². The van der Waals surface area contributed by atoms with Crippen molar-refractivity contribution < 1.29 is 19.8 Å². The number of carbonyl (C=O) groups is 2. The molecule has 0 saturated heterocycles. The van der Waals surface area contributed by atoms with E-state index in [1.165, 1.54) is 33.4 Å². The van der Waals surface area contributed by atoms with E-state index in [1.54, 1.807) is 0 Å². The summed E-state index contributed by atoms with van der Waals surface area (Å²) in [6.07, 6.45) is 4.80. The first-order chi connectivity index (χ1) is 21.3. The summed E-state index contributed by atoms with van der Waals surface area (Å²) in [5, 5.41) is 21.0. The minimum absolute atomic E-state index is 0.0387. The molecule has 7 rings (SSSR count). The van der Waals surface area contributed by atoms with E-state index in [4.69, 9.17) is 0 Å². The third kappa shape index (κ3) is 4.25. The molecular weight excluding hydrogens is 544 g/mol. The van der Waals surface area contributed by atoms with Gasteiger partial charge in [0.05, 0.1) is 11.1 Å². The summed E-state index contributed by atoms with van der Waals surface area (Å²) in [5.74, 6) is -1.51. The smallest absolute Gasteiger partial charge is 0.335 e. The maximum atomic E-state index is 12.8. The van der Waals surface area contributed by atoms with Crippen LogP contribution in [0.5, 0.6) is 0 Å². The first kappa shape index (κ1) is 28.6. The fourth-order valence-corrected chi connectivity index (χ4v) is 8.79. The minimum Gasteiger partial charge on any atom is -0.478 e. The van der Waals surface area contributed by atoms with Crippen LogP contribution in [0.2, 0.25) is 0 Å². The van der Waals surface area contributed by atoms with Crippen LogP contribution in [0.25, 0.3) is 0 Å². The van der Waals surface area contributed by atoms with Crippen molar-refractivity contribution in [2.24, 2.45) is 0 Å². The molecular formula is C40H40O4. The van der Waals surface area contributed by atoms with Crippen molar-refractivity contribution in [3.63, 3.8) is 0 Å². The molecule has 4 atom stereocenters. The maximum absolute atomic E-state index is 12.8. The molecule has 3 aliphatic carbocycles. The van der Waals surface area contributed by atoms with Gasteiger partial charge in [0.1, 0.15) is 0 Å². The molecule has 2 N–H and O–H groups in total. The van der Waals surface area contributed by atoms with Gasteiger partial charge in [-0.05, 0) is 117 Å². The van der Waals surface area contributed by atoms with Crippen LogP contribution in [0.15, 0.2) is 60.7 Å². The van der Waals surface area contributed by atoms with Crippen LogP contribution in [0.4, 0.5) is 0 Å². The van der Waals surface area contributed by atoms with E-state index in [9.17, 15) is 19.8 Å². The van der Waals surface area contributed by atoms with E-state index in [0.29, 0.717) is 24.0 Å². The first-order valence-electron chi connectivity index (χ1n) is 16.3. The van der Waals surface area contributed by atoms with Crippen LogP contribution in [0.1, 0.15) is 165 Å². The summed E-state index contributed by atoms with van der Waals surface area (Å²) in [6.45, 7) is 8.74. The number of carboxylic acids is 2. The van der Waals surface area contributed by atoms with Crippen molar-refractivity contribution in [3.8, 4) is 0 Å². The highest BCUT2D eigenvalue weighted by molar-refractivity contribution is 5.91. The molecule has 3 aliphatic rings. The lowest BCUT2D eigenvalue weighted by Gasteiger charge is -2.34. The van der Waals surface area contributed by atoms with Gasteiger partial charge in [0.25, 0.3) is 0 Å². The molecule has 0 fully saturated rings. The highest BCUT2D eigenvalue weighted by atomic mass is 16.4. The van der Waals surface area contributed by atoms with E-state index in [-0.39, 0.29) is 23.7 Å².